The molecule has 150 valence electrons. The Morgan fingerprint density at radius 1 is 1.07 bits per heavy atom. The van der Waals surface area contributed by atoms with Gasteiger partial charge in [0.1, 0.15) is 11.6 Å². The Kier molecular flexibility index (Phi) is 5.62. The van der Waals surface area contributed by atoms with E-state index in [1.165, 1.54) is 23.9 Å². The Bertz CT molecular complexity index is 1020. The van der Waals surface area contributed by atoms with Gasteiger partial charge < -0.3 is 4.90 Å². The fourth-order valence-electron chi connectivity index (χ4n) is 3.40. The van der Waals surface area contributed by atoms with Crippen LogP contribution in [0, 0.1) is 11.6 Å². The number of nitrogens with zero attached hydrogens (tertiary/aromatic N) is 4. The number of carbonyl (C=O) groups excluding carboxylic acids is 1. The first-order chi connectivity index (χ1) is 14.0. The van der Waals surface area contributed by atoms with Gasteiger partial charge in [-0.05, 0) is 31.9 Å². The molecule has 0 aliphatic carbocycles. The van der Waals surface area contributed by atoms with Crippen molar-refractivity contribution in [3.8, 4) is 17.1 Å². The van der Waals surface area contributed by atoms with E-state index in [-0.39, 0.29) is 11.6 Å². The van der Waals surface area contributed by atoms with Gasteiger partial charge >= 0.3 is 0 Å². The zero-order valence-electron chi connectivity index (χ0n) is 15.9. The van der Waals surface area contributed by atoms with Crippen molar-refractivity contribution in [1.82, 2.24) is 19.7 Å². The molecule has 0 spiro atoms. The number of halogens is 2. The van der Waals surface area contributed by atoms with Gasteiger partial charge in [-0.15, -0.1) is 10.2 Å². The highest BCUT2D eigenvalue weighted by Gasteiger charge is 2.27. The van der Waals surface area contributed by atoms with Crippen molar-refractivity contribution >= 4 is 17.7 Å². The molecule has 2 aromatic carbocycles. The van der Waals surface area contributed by atoms with E-state index in [0.29, 0.717) is 11.0 Å². The van der Waals surface area contributed by atoms with E-state index >= 15 is 0 Å². The van der Waals surface area contributed by atoms with Crippen molar-refractivity contribution in [3.63, 3.8) is 0 Å². The van der Waals surface area contributed by atoms with Crippen LogP contribution in [0.2, 0.25) is 0 Å². The summed E-state index contributed by atoms with van der Waals surface area (Å²) in [5.74, 6) is -0.919. The molecule has 1 atom stereocenters. The average molecular weight is 414 g/mol. The Labute approximate surface area is 171 Å². The Morgan fingerprint density at radius 3 is 2.48 bits per heavy atom. The summed E-state index contributed by atoms with van der Waals surface area (Å²) in [6.07, 6.45) is 2.02. The second kappa shape index (κ2) is 8.32. The molecule has 1 aliphatic heterocycles. The van der Waals surface area contributed by atoms with Crippen LogP contribution in [-0.4, -0.2) is 43.9 Å². The number of thioether (sulfide) groups is 1. The van der Waals surface area contributed by atoms with E-state index in [2.05, 4.69) is 10.2 Å². The van der Waals surface area contributed by atoms with Crippen LogP contribution in [0.5, 0.6) is 0 Å². The second-order valence-corrected chi connectivity index (χ2v) is 8.20. The zero-order chi connectivity index (χ0) is 20.4. The van der Waals surface area contributed by atoms with Gasteiger partial charge in [0.25, 0.3) is 0 Å². The maximum Gasteiger partial charge on any atom is 0.235 e. The van der Waals surface area contributed by atoms with Crippen molar-refractivity contribution in [1.29, 1.82) is 0 Å². The molecule has 1 aliphatic rings. The largest absolute Gasteiger partial charge is 0.342 e. The molecule has 1 amide bonds. The van der Waals surface area contributed by atoms with Gasteiger partial charge in [-0.2, -0.15) is 0 Å². The highest BCUT2D eigenvalue weighted by Crippen LogP contribution is 2.32. The predicted octanol–water partition coefficient (Wildman–Crippen LogP) is 4.32. The smallest absolute Gasteiger partial charge is 0.235 e. The molecule has 3 aromatic rings. The van der Waals surface area contributed by atoms with Crippen molar-refractivity contribution in [3.05, 3.63) is 60.2 Å². The van der Waals surface area contributed by atoms with Crippen molar-refractivity contribution in [2.45, 2.75) is 30.2 Å². The lowest BCUT2D eigenvalue weighted by Crippen LogP contribution is -2.34. The minimum Gasteiger partial charge on any atom is -0.342 e. The van der Waals surface area contributed by atoms with Crippen LogP contribution in [0.1, 0.15) is 19.8 Å². The maximum absolute atomic E-state index is 14.6. The summed E-state index contributed by atoms with van der Waals surface area (Å²) < 4.78 is 29.6. The Hall–Kier alpha value is -2.74. The molecule has 1 saturated heterocycles. The molecule has 0 saturated carbocycles. The zero-order valence-corrected chi connectivity index (χ0v) is 16.7. The average Bonchev–Trinajstić information content (AvgIpc) is 3.39. The fourth-order valence-corrected chi connectivity index (χ4v) is 4.35. The van der Waals surface area contributed by atoms with Crippen molar-refractivity contribution in [2.75, 3.05) is 13.1 Å². The molecule has 1 fully saturated rings. The summed E-state index contributed by atoms with van der Waals surface area (Å²) >= 11 is 1.23. The third-order valence-electron chi connectivity index (χ3n) is 4.86. The van der Waals surface area contributed by atoms with E-state index in [4.69, 9.17) is 0 Å². The van der Waals surface area contributed by atoms with Gasteiger partial charge in [0.15, 0.2) is 11.0 Å². The first-order valence-electron chi connectivity index (χ1n) is 9.46. The number of carbonyl (C=O) groups is 1. The summed E-state index contributed by atoms with van der Waals surface area (Å²) in [7, 11) is 0. The monoisotopic (exact) mass is 414 g/mol. The van der Waals surface area contributed by atoms with Gasteiger partial charge in [-0.25, -0.2) is 8.78 Å². The summed E-state index contributed by atoms with van der Waals surface area (Å²) in [6.45, 7) is 3.34. The van der Waals surface area contributed by atoms with Crippen LogP contribution >= 0.6 is 11.8 Å². The number of hydrogen-bond donors (Lipinski definition) is 0. The molecule has 0 radical (unpaired) electrons. The van der Waals surface area contributed by atoms with Crippen molar-refractivity contribution in [2.24, 2.45) is 0 Å². The van der Waals surface area contributed by atoms with Crippen LogP contribution < -0.4 is 0 Å². The molecule has 0 bridgehead atoms. The quantitative estimate of drug-likeness (QED) is 0.584. The van der Waals surface area contributed by atoms with E-state index in [1.54, 1.807) is 4.57 Å². The van der Waals surface area contributed by atoms with Gasteiger partial charge in [0.2, 0.25) is 5.91 Å². The molecule has 8 heteroatoms. The first-order valence-corrected chi connectivity index (χ1v) is 10.3. The number of hydrogen-bond acceptors (Lipinski definition) is 4. The summed E-state index contributed by atoms with van der Waals surface area (Å²) in [5.41, 5.74) is 0.882. The van der Waals surface area contributed by atoms with E-state index in [0.717, 1.165) is 37.6 Å². The summed E-state index contributed by atoms with van der Waals surface area (Å²) in [6, 6.07) is 12.6. The minimum absolute atomic E-state index is 0.0305. The Balaban J connectivity index is 1.74. The van der Waals surface area contributed by atoms with Gasteiger partial charge in [0.05, 0.1) is 10.9 Å². The molecule has 2 heterocycles. The molecular formula is C21H20F2N4OS. The van der Waals surface area contributed by atoms with Crippen molar-refractivity contribution < 1.29 is 13.6 Å². The number of benzene rings is 2. The highest BCUT2D eigenvalue weighted by atomic mass is 32.2. The second-order valence-electron chi connectivity index (χ2n) is 6.90. The van der Waals surface area contributed by atoms with Crippen LogP contribution in [-0.2, 0) is 4.79 Å². The van der Waals surface area contributed by atoms with Crippen LogP contribution in [0.3, 0.4) is 0 Å². The third kappa shape index (κ3) is 4.03. The van der Waals surface area contributed by atoms with Crippen LogP contribution in [0.15, 0.2) is 53.7 Å². The van der Waals surface area contributed by atoms with E-state index < -0.39 is 16.9 Å². The lowest BCUT2D eigenvalue weighted by molar-refractivity contribution is -0.129. The first kappa shape index (κ1) is 19.6. The van der Waals surface area contributed by atoms with Gasteiger partial charge in [-0.3, -0.25) is 9.36 Å². The SMILES string of the molecule is CC(Sc1nnc(-c2ccccc2)n1-c1ccc(F)cc1F)C(=O)N1CCCC1. The molecule has 1 aromatic heterocycles. The topological polar surface area (TPSA) is 51.0 Å². The molecule has 29 heavy (non-hydrogen) atoms. The highest BCUT2D eigenvalue weighted by molar-refractivity contribution is 8.00. The van der Waals surface area contributed by atoms with Crippen LogP contribution in [0.25, 0.3) is 17.1 Å². The molecule has 4 rings (SSSR count). The van der Waals surface area contributed by atoms with Gasteiger partial charge in [0, 0.05) is 24.7 Å². The number of rotatable bonds is 5. The standard InChI is InChI=1S/C21H20F2N4OS/c1-14(20(28)26-11-5-6-12-26)29-21-25-24-19(15-7-3-2-4-8-15)27(21)18-10-9-16(22)13-17(18)23/h2-4,7-10,13-14H,5-6,11-12H2,1H3. The third-order valence-corrected chi connectivity index (χ3v) is 5.89. The van der Waals surface area contributed by atoms with E-state index in [9.17, 15) is 13.6 Å². The molecule has 0 N–H and O–H groups in total. The summed E-state index contributed by atoms with van der Waals surface area (Å²) in [5, 5.41) is 8.45. The molecular weight excluding hydrogens is 394 g/mol. The van der Waals surface area contributed by atoms with Crippen LogP contribution in [0.4, 0.5) is 8.78 Å². The lowest BCUT2D eigenvalue weighted by atomic mass is 10.2. The number of aromatic nitrogens is 3. The fraction of sp³-hybridized carbons (Fsp3) is 0.286. The number of amides is 1. The minimum atomic E-state index is -0.720. The maximum atomic E-state index is 14.6. The lowest BCUT2D eigenvalue weighted by Gasteiger charge is -2.20. The molecule has 5 nitrogen and oxygen atoms in total. The van der Waals surface area contributed by atoms with Gasteiger partial charge in [-0.1, -0.05) is 42.1 Å². The summed E-state index contributed by atoms with van der Waals surface area (Å²) in [4.78, 5) is 14.6. The van der Waals surface area contributed by atoms with E-state index in [1.807, 2.05) is 42.2 Å². The molecule has 1 unspecified atom stereocenters. The number of likely N-dealkylation sites (tertiary alicyclic amines) is 1. The predicted molar refractivity (Wildman–Crippen MR) is 108 cm³/mol. The Morgan fingerprint density at radius 2 is 1.79 bits per heavy atom. The normalized spacial score (nSPS) is 14.9.